The molecule has 1 aromatic heterocycles. The average Bonchev–Trinajstić information content (AvgIpc) is 2.78. The summed E-state index contributed by atoms with van der Waals surface area (Å²) in [6.45, 7) is 3.81. The minimum absolute atomic E-state index is 0.0157. The van der Waals surface area contributed by atoms with E-state index in [1.165, 1.54) is 0 Å². The van der Waals surface area contributed by atoms with Gasteiger partial charge in [0, 0.05) is 24.3 Å². The molecule has 0 saturated carbocycles. The minimum Gasteiger partial charge on any atom is -0.469 e. The van der Waals surface area contributed by atoms with Crippen LogP contribution in [-0.4, -0.2) is 17.8 Å². The van der Waals surface area contributed by atoms with Crippen molar-refractivity contribution in [3.05, 3.63) is 24.2 Å². The number of hydrogen-bond acceptors (Lipinski definition) is 2. The lowest BCUT2D eigenvalue weighted by atomic mass is 10.1. The average molecular weight is 244 g/mol. The molecule has 0 fully saturated rings. The van der Waals surface area contributed by atoms with E-state index in [2.05, 4.69) is 5.32 Å². The number of rotatable bonds is 6. The van der Waals surface area contributed by atoms with Crippen molar-refractivity contribution in [2.75, 3.05) is 5.88 Å². The SMILES string of the molecule is CC(CCc1ccco1)NC(=O)C(C)CCl. The first kappa shape index (κ1) is 13.1. The zero-order chi connectivity index (χ0) is 12.0. The third kappa shape index (κ3) is 4.27. The number of halogens is 1. The van der Waals surface area contributed by atoms with E-state index in [0.29, 0.717) is 5.88 Å². The van der Waals surface area contributed by atoms with E-state index >= 15 is 0 Å². The van der Waals surface area contributed by atoms with Crippen LogP contribution in [0.3, 0.4) is 0 Å². The monoisotopic (exact) mass is 243 g/mol. The van der Waals surface area contributed by atoms with E-state index in [-0.39, 0.29) is 17.9 Å². The van der Waals surface area contributed by atoms with Gasteiger partial charge in [0.2, 0.25) is 5.91 Å². The molecule has 0 aliphatic heterocycles. The van der Waals surface area contributed by atoms with Crippen LogP contribution in [0, 0.1) is 5.92 Å². The van der Waals surface area contributed by atoms with Crippen LogP contribution < -0.4 is 5.32 Å². The predicted octanol–water partition coefficient (Wildman–Crippen LogP) is 2.59. The van der Waals surface area contributed by atoms with Crippen molar-refractivity contribution in [2.45, 2.75) is 32.7 Å². The Morgan fingerprint density at radius 3 is 2.88 bits per heavy atom. The molecule has 4 heteroatoms. The fourth-order valence-electron chi connectivity index (χ4n) is 1.34. The molecule has 0 aliphatic rings. The summed E-state index contributed by atoms with van der Waals surface area (Å²) in [5.74, 6) is 1.19. The molecule has 0 radical (unpaired) electrons. The molecular formula is C12H18ClNO2. The topological polar surface area (TPSA) is 42.2 Å². The molecular weight excluding hydrogens is 226 g/mol. The molecule has 0 bridgehead atoms. The van der Waals surface area contributed by atoms with Gasteiger partial charge in [0.25, 0.3) is 0 Å². The molecule has 2 atom stereocenters. The fraction of sp³-hybridized carbons (Fsp3) is 0.583. The zero-order valence-electron chi connectivity index (χ0n) is 9.70. The summed E-state index contributed by atoms with van der Waals surface area (Å²) in [6, 6.07) is 3.95. The lowest BCUT2D eigenvalue weighted by Gasteiger charge is -2.15. The zero-order valence-corrected chi connectivity index (χ0v) is 10.5. The highest BCUT2D eigenvalue weighted by atomic mass is 35.5. The second-order valence-corrected chi connectivity index (χ2v) is 4.39. The number of carbonyl (C=O) groups is 1. The standard InChI is InChI=1S/C12H18ClNO2/c1-9(8-13)12(15)14-10(2)5-6-11-4-3-7-16-11/h3-4,7,9-10H,5-6,8H2,1-2H3,(H,14,15). The maximum Gasteiger partial charge on any atom is 0.224 e. The van der Waals surface area contributed by atoms with Gasteiger partial charge in [-0.2, -0.15) is 0 Å². The van der Waals surface area contributed by atoms with Crippen molar-refractivity contribution in [3.8, 4) is 0 Å². The highest BCUT2D eigenvalue weighted by Crippen LogP contribution is 2.06. The summed E-state index contributed by atoms with van der Waals surface area (Å²) >= 11 is 5.61. The van der Waals surface area contributed by atoms with E-state index in [4.69, 9.17) is 16.0 Å². The number of aryl methyl sites for hydroxylation is 1. The molecule has 0 aromatic carbocycles. The number of alkyl halides is 1. The Morgan fingerprint density at radius 2 is 2.31 bits per heavy atom. The molecule has 90 valence electrons. The van der Waals surface area contributed by atoms with Crippen molar-refractivity contribution < 1.29 is 9.21 Å². The van der Waals surface area contributed by atoms with Crippen LogP contribution in [-0.2, 0) is 11.2 Å². The Morgan fingerprint density at radius 1 is 1.56 bits per heavy atom. The van der Waals surface area contributed by atoms with Gasteiger partial charge in [-0.1, -0.05) is 6.92 Å². The van der Waals surface area contributed by atoms with Crippen LogP contribution in [0.15, 0.2) is 22.8 Å². The van der Waals surface area contributed by atoms with Gasteiger partial charge in [-0.15, -0.1) is 11.6 Å². The van der Waals surface area contributed by atoms with Gasteiger partial charge >= 0.3 is 0 Å². The summed E-state index contributed by atoms with van der Waals surface area (Å²) in [6.07, 6.45) is 3.37. The second kappa shape index (κ2) is 6.59. The first-order valence-corrected chi connectivity index (χ1v) is 6.05. The maximum absolute atomic E-state index is 11.5. The second-order valence-electron chi connectivity index (χ2n) is 4.08. The molecule has 1 heterocycles. The number of carbonyl (C=O) groups excluding carboxylic acids is 1. The number of amides is 1. The van der Waals surface area contributed by atoms with Gasteiger partial charge < -0.3 is 9.73 Å². The highest BCUT2D eigenvalue weighted by Gasteiger charge is 2.14. The number of hydrogen-bond donors (Lipinski definition) is 1. The largest absolute Gasteiger partial charge is 0.469 e. The van der Waals surface area contributed by atoms with Crippen LogP contribution in [0.1, 0.15) is 26.0 Å². The highest BCUT2D eigenvalue weighted by molar-refractivity contribution is 6.19. The first-order valence-electron chi connectivity index (χ1n) is 5.52. The molecule has 1 aromatic rings. The Balaban J connectivity index is 2.25. The summed E-state index contributed by atoms with van der Waals surface area (Å²) < 4.78 is 5.22. The van der Waals surface area contributed by atoms with Crippen LogP contribution >= 0.6 is 11.6 Å². The van der Waals surface area contributed by atoms with Gasteiger partial charge in [0.05, 0.1) is 6.26 Å². The third-order valence-corrected chi connectivity index (χ3v) is 2.93. The normalized spacial score (nSPS) is 14.4. The van der Waals surface area contributed by atoms with Crippen LogP contribution in [0.2, 0.25) is 0 Å². The van der Waals surface area contributed by atoms with Crippen molar-refractivity contribution in [2.24, 2.45) is 5.92 Å². The summed E-state index contributed by atoms with van der Waals surface area (Å²) in [5, 5.41) is 2.93. The molecule has 0 saturated heterocycles. The van der Waals surface area contributed by atoms with Gasteiger partial charge in [-0.25, -0.2) is 0 Å². The Labute approximate surface area is 101 Å². The molecule has 16 heavy (non-hydrogen) atoms. The van der Waals surface area contributed by atoms with Crippen molar-refractivity contribution in [1.29, 1.82) is 0 Å². The van der Waals surface area contributed by atoms with Crippen LogP contribution in [0.25, 0.3) is 0 Å². The summed E-state index contributed by atoms with van der Waals surface area (Å²) in [4.78, 5) is 11.5. The lowest BCUT2D eigenvalue weighted by Crippen LogP contribution is -2.37. The Bertz CT molecular complexity index is 311. The fourth-order valence-corrected chi connectivity index (χ4v) is 1.48. The van der Waals surface area contributed by atoms with E-state index in [1.54, 1.807) is 6.26 Å². The minimum atomic E-state index is -0.132. The molecule has 0 spiro atoms. The van der Waals surface area contributed by atoms with E-state index < -0.39 is 0 Å². The van der Waals surface area contributed by atoms with Crippen molar-refractivity contribution >= 4 is 17.5 Å². The smallest absolute Gasteiger partial charge is 0.224 e. The van der Waals surface area contributed by atoms with Gasteiger partial charge in [0.15, 0.2) is 0 Å². The third-order valence-electron chi connectivity index (χ3n) is 2.47. The Kier molecular flexibility index (Phi) is 5.39. The van der Waals surface area contributed by atoms with Crippen LogP contribution in [0.4, 0.5) is 0 Å². The summed E-state index contributed by atoms with van der Waals surface area (Å²) in [7, 11) is 0. The van der Waals surface area contributed by atoms with Crippen molar-refractivity contribution in [3.63, 3.8) is 0 Å². The van der Waals surface area contributed by atoms with E-state index in [1.807, 2.05) is 26.0 Å². The van der Waals surface area contributed by atoms with E-state index in [9.17, 15) is 4.79 Å². The number of furan rings is 1. The lowest BCUT2D eigenvalue weighted by molar-refractivity contribution is -0.124. The molecule has 1 amide bonds. The quantitative estimate of drug-likeness (QED) is 0.781. The maximum atomic E-state index is 11.5. The van der Waals surface area contributed by atoms with Gasteiger partial charge in [0.1, 0.15) is 5.76 Å². The molecule has 2 unspecified atom stereocenters. The first-order chi connectivity index (χ1) is 7.63. The van der Waals surface area contributed by atoms with Gasteiger partial charge in [-0.3, -0.25) is 4.79 Å². The molecule has 0 aliphatic carbocycles. The predicted molar refractivity (Wildman–Crippen MR) is 64.5 cm³/mol. The molecule has 3 nitrogen and oxygen atoms in total. The van der Waals surface area contributed by atoms with Crippen molar-refractivity contribution in [1.82, 2.24) is 5.32 Å². The summed E-state index contributed by atoms with van der Waals surface area (Å²) in [5.41, 5.74) is 0. The van der Waals surface area contributed by atoms with Gasteiger partial charge in [-0.05, 0) is 25.5 Å². The molecule has 1 rings (SSSR count). The molecule has 1 N–H and O–H groups in total. The van der Waals surface area contributed by atoms with E-state index in [0.717, 1.165) is 18.6 Å². The Hall–Kier alpha value is -0.960. The van der Waals surface area contributed by atoms with Crippen LogP contribution in [0.5, 0.6) is 0 Å². The number of nitrogens with one attached hydrogen (secondary N) is 1.